The minimum Gasteiger partial charge on any atom is -0.417 e. The third kappa shape index (κ3) is 12.5. The first-order chi connectivity index (χ1) is 11.2. The van der Waals surface area contributed by atoms with E-state index in [4.69, 9.17) is 4.43 Å². The fourth-order valence-corrected chi connectivity index (χ4v) is 3.74. The van der Waals surface area contributed by atoms with Gasteiger partial charge in [-0.1, -0.05) is 91.9 Å². The first kappa shape index (κ1) is 24.1. The van der Waals surface area contributed by atoms with Crippen LogP contribution in [0.2, 0.25) is 18.1 Å². The molecule has 0 saturated carbocycles. The van der Waals surface area contributed by atoms with Crippen molar-refractivity contribution in [1.29, 1.82) is 0 Å². The van der Waals surface area contributed by atoms with Crippen molar-refractivity contribution in [2.24, 2.45) is 0 Å². The second kappa shape index (κ2) is 13.4. The Labute approximate surface area is 153 Å². The summed E-state index contributed by atoms with van der Waals surface area (Å²) < 4.78 is 6.14. The number of unbranched alkanes of at least 4 members (excludes halogenated alkanes) is 9. The lowest BCUT2D eigenvalue weighted by Gasteiger charge is -2.36. The van der Waals surface area contributed by atoms with E-state index in [1.165, 1.54) is 57.8 Å². The topological polar surface area (TPSA) is 29.5 Å². The number of hydrogen-bond donors (Lipinski definition) is 1. The lowest BCUT2D eigenvalue weighted by molar-refractivity contribution is 0.124. The molecule has 0 spiro atoms. The zero-order valence-electron chi connectivity index (χ0n) is 17.6. The maximum Gasteiger partial charge on any atom is 0.191 e. The Morgan fingerprint density at radius 2 is 1.25 bits per heavy atom. The van der Waals surface area contributed by atoms with Gasteiger partial charge < -0.3 is 9.53 Å². The van der Waals surface area contributed by atoms with Gasteiger partial charge in [-0.2, -0.15) is 0 Å². The molecule has 0 aromatic heterocycles. The molecule has 2 nitrogen and oxygen atoms in total. The van der Waals surface area contributed by atoms with Crippen molar-refractivity contribution in [3.8, 4) is 0 Å². The van der Waals surface area contributed by atoms with E-state index in [1.54, 1.807) is 0 Å². The first-order valence-electron chi connectivity index (χ1n) is 10.5. The zero-order valence-corrected chi connectivity index (χ0v) is 18.6. The molecule has 0 rings (SSSR count). The van der Waals surface area contributed by atoms with Crippen LogP contribution in [0.4, 0.5) is 0 Å². The van der Waals surface area contributed by atoms with E-state index in [0.29, 0.717) is 0 Å². The summed E-state index contributed by atoms with van der Waals surface area (Å²) in [6.45, 7) is 14.3. The predicted octanol–water partition coefficient (Wildman–Crippen LogP) is 7.07. The van der Waals surface area contributed by atoms with E-state index in [2.05, 4.69) is 40.8 Å². The van der Waals surface area contributed by atoms with Gasteiger partial charge in [0, 0.05) is 6.61 Å². The predicted molar refractivity (Wildman–Crippen MR) is 110 cm³/mol. The summed E-state index contributed by atoms with van der Waals surface area (Å²) in [4.78, 5) is 0. The van der Waals surface area contributed by atoms with Crippen LogP contribution >= 0.6 is 0 Å². The normalized spacial score (nSPS) is 14.1. The number of rotatable bonds is 15. The van der Waals surface area contributed by atoms with Gasteiger partial charge >= 0.3 is 0 Å². The molecule has 146 valence electrons. The third-order valence-electron chi connectivity index (χ3n) is 5.61. The standard InChI is InChI=1S/C21H46O2Si/c1-7-8-9-10-11-12-13-14-15-16-17-20(22)18-19-23-24(5,6)21(2,3)4/h20,22H,7-19H2,1-6H3/t20-/m0/s1. The molecule has 0 aliphatic heterocycles. The number of hydrogen-bond acceptors (Lipinski definition) is 2. The SMILES string of the molecule is CCCCCCCCCCCC[C@H](O)CCO[Si](C)(C)C(C)(C)C. The molecule has 24 heavy (non-hydrogen) atoms. The molecule has 0 saturated heterocycles. The van der Waals surface area contributed by atoms with Gasteiger partial charge in [-0.15, -0.1) is 0 Å². The van der Waals surface area contributed by atoms with Crippen LogP contribution in [0.3, 0.4) is 0 Å². The summed E-state index contributed by atoms with van der Waals surface area (Å²) in [5, 5.41) is 10.4. The van der Waals surface area contributed by atoms with Crippen LogP contribution in [0.15, 0.2) is 0 Å². The lowest BCUT2D eigenvalue weighted by atomic mass is 10.0. The smallest absolute Gasteiger partial charge is 0.191 e. The van der Waals surface area contributed by atoms with Gasteiger partial charge in [-0.05, 0) is 31.0 Å². The molecule has 3 heteroatoms. The van der Waals surface area contributed by atoms with Crippen LogP contribution in [0.25, 0.3) is 0 Å². The van der Waals surface area contributed by atoms with Crippen molar-refractivity contribution in [2.75, 3.05) is 6.61 Å². The second-order valence-electron chi connectivity index (χ2n) is 9.02. The van der Waals surface area contributed by atoms with Crippen molar-refractivity contribution in [1.82, 2.24) is 0 Å². The van der Waals surface area contributed by atoms with Crippen molar-refractivity contribution < 1.29 is 9.53 Å². The van der Waals surface area contributed by atoms with Crippen molar-refractivity contribution in [3.05, 3.63) is 0 Å². The van der Waals surface area contributed by atoms with Crippen molar-refractivity contribution >= 4 is 8.32 Å². The van der Waals surface area contributed by atoms with Crippen LogP contribution in [-0.2, 0) is 4.43 Å². The molecule has 0 bridgehead atoms. The van der Waals surface area contributed by atoms with E-state index in [1.807, 2.05) is 0 Å². The second-order valence-corrected chi connectivity index (χ2v) is 13.8. The molecule has 0 amide bonds. The molecule has 1 N–H and O–H groups in total. The minimum absolute atomic E-state index is 0.177. The van der Waals surface area contributed by atoms with E-state index in [-0.39, 0.29) is 11.1 Å². The van der Waals surface area contributed by atoms with Crippen molar-refractivity contribution in [2.45, 2.75) is 129 Å². The summed E-state index contributed by atoms with van der Waals surface area (Å²) >= 11 is 0. The molecular formula is C21H46O2Si. The van der Waals surface area contributed by atoms with Gasteiger partial charge in [0.15, 0.2) is 8.32 Å². The molecule has 1 atom stereocenters. The molecule has 0 aliphatic carbocycles. The molecule has 0 aromatic carbocycles. The quantitative estimate of drug-likeness (QED) is 0.250. The van der Waals surface area contributed by atoms with Gasteiger partial charge in [-0.3, -0.25) is 0 Å². The maximum absolute atomic E-state index is 10.1. The molecule has 0 fully saturated rings. The van der Waals surface area contributed by atoms with Crippen molar-refractivity contribution in [3.63, 3.8) is 0 Å². The fourth-order valence-electron chi connectivity index (χ4n) is 2.68. The van der Waals surface area contributed by atoms with E-state index < -0.39 is 8.32 Å². The first-order valence-corrected chi connectivity index (χ1v) is 13.4. The number of aliphatic hydroxyl groups is 1. The fraction of sp³-hybridized carbons (Fsp3) is 1.00. The Balaban J connectivity index is 3.46. The number of aliphatic hydroxyl groups excluding tert-OH is 1. The summed E-state index contributed by atoms with van der Waals surface area (Å²) in [7, 11) is -1.65. The Bertz CT molecular complexity index is 284. The average Bonchev–Trinajstić information content (AvgIpc) is 2.48. The van der Waals surface area contributed by atoms with E-state index in [9.17, 15) is 5.11 Å². The van der Waals surface area contributed by atoms with E-state index >= 15 is 0 Å². The van der Waals surface area contributed by atoms with Crippen LogP contribution in [0.1, 0.15) is 105 Å². The molecular weight excluding hydrogens is 312 g/mol. The molecule has 0 aliphatic rings. The van der Waals surface area contributed by atoms with Gasteiger partial charge in [0.1, 0.15) is 0 Å². The highest BCUT2D eigenvalue weighted by atomic mass is 28.4. The summed E-state index contributed by atoms with van der Waals surface area (Å²) in [6.07, 6.45) is 15.1. The van der Waals surface area contributed by atoms with E-state index in [0.717, 1.165) is 25.9 Å². The molecule has 0 heterocycles. The Kier molecular flexibility index (Phi) is 13.4. The van der Waals surface area contributed by atoms with Crippen LogP contribution in [0, 0.1) is 0 Å². The maximum atomic E-state index is 10.1. The van der Waals surface area contributed by atoms with Gasteiger partial charge in [0.05, 0.1) is 6.10 Å². The Hall–Kier alpha value is 0.137. The van der Waals surface area contributed by atoms with Crippen LogP contribution < -0.4 is 0 Å². The summed E-state index contributed by atoms with van der Waals surface area (Å²) in [6, 6.07) is 0. The highest BCUT2D eigenvalue weighted by Crippen LogP contribution is 2.36. The minimum atomic E-state index is -1.65. The molecule has 0 aromatic rings. The molecule has 0 radical (unpaired) electrons. The lowest BCUT2D eigenvalue weighted by Crippen LogP contribution is -2.41. The third-order valence-corrected chi connectivity index (χ3v) is 10.1. The van der Waals surface area contributed by atoms with Gasteiger partial charge in [0.25, 0.3) is 0 Å². The highest BCUT2D eigenvalue weighted by Gasteiger charge is 2.36. The monoisotopic (exact) mass is 358 g/mol. The zero-order chi connectivity index (χ0) is 18.5. The summed E-state index contributed by atoms with van der Waals surface area (Å²) in [5.74, 6) is 0. The molecule has 0 unspecified atom stereocenters. The van der Waals surface area contributed by atoms with Gasteiger partial charge in [0.2, 0.25) is 0 Å². The largest absolute Gasteiger partial charge is 0.417 e. The van der Waals surface area contributed by atoms with Crippen LogP contribution in [0.5, 0.6) is 0 Å². The summed E-state index contributed by atoms with van der Waals surface area (Å²) in [5.41, 5.74) is 0. The highest BCUT2D eigenvalue weighted by molar-refractivity contribution is 6.74. The Morgan fingerprint density at radius 1 is 0.792 bits per heavy atom. The van der Waals surface area contributed by atoms with Gasteiger partial charge in [-0.25, -0.2) is 0 Å². The Morgan fingerprint density at radius 3 is 1.71 bits per heavy atom. The average molecular weight is 359 g/mol. The van der Waals surface area contributed by atoms with Crippen LogP contribution in [-0.4, -0.2) is 26.1 Å².